The fourth-order valence-electron chi connectivity index (χ4n) is 2.64. The minimum atomic E-state index is -0.581. The molecule has 1 aliphatic rings. The largest absolute Gasteiger partial charge is 0.486 e. The van der Waals surface area contributed by atoms with Crippen LogP contribution in [0.1, 0.15) is 38.8 Å². The summed E-state index contributed by atoms with van der Waals surface area (Å²) in [6.45, 7) is 7.22. The number of hydrogen-bond acceptors (Lipinski definition) is 4. The van der Waals surface area contributed by atoms with Crippen molar-refractivity contribution in [1.82, 2.24) is 15.5 Å². The van der Waals surface area contributed by atoms with Crippen molar-refractivity contribution in [3.8, 4) is 11.5 Å². The van der Waals surface area contributed by atoms with Gasteiger partial charge in [0.05, 0.1) is 6.04 Å². The Kier molecular flexibility index (Phi) is 6.50. The van der Waals surface area contributed by atoms with Crippen LogP contribution in [0, 0.1) is 0 Å². The summed E-state index contributed by atoms with van der Waals surface area (Å²) >= 11 is 0. The zero-order valence-electron chi connectivity index (χ0n) is 15.3. The average Bonchev–Trinajstić information content (AvgIpc) is 2.64. The van der Waals surface area contributed by atoms with Gasteiger partial charge < -0.3 is 25.0 Å². The zero-order chi connectivity index (χ0) is 18.4. The molecule has 0 radical (unpaired) electrons. The molecule has 0 fully saturated rings. The number of fused-ring (bicyclic) bond motifs is 1. The Balaban J connectivity index is 1.99. The number of benzene rings is 1. The first-order valence-electron chi connectivity index (χ1n) is 8.67. The molecule has 0 bridgehead atoms. The van der Waals surface area contributed by atoms with Gasteiger partial charge in [-0.05, 0) is 38.0 Å². The number of urea groups is 1. The van der Waals surface area contributed by atoms with Crippen LogP contribution in [0.25, 0.3) is 0 Å². The lowest BCUT2D eigenvalue weighted by Gasteiger charge is -2.24. The Hall–Kier alpha value is -2.44. The Bertz CT molecular complexity index is 620. The maximum absolute atomic E-state index is 12.3. The second kappa shape index (κ2) is 8.60. The molecule has 7 nitrogen and oxygen atoms in total. The van der Waals surface area contributed by atoms with Crippen molar-refractivity contribution in [3.05, 3.63) is 23.8 Å². The van der Waals surface area contributed by atoms with Gasteiger partial charge in [-0.1, -0.05) is 13.0 Å². The molecule has 3 amide bonds. The number of hydrogen-bond donors (Lipinski definition) is 2. The Morgan fingerprint density at radius 3 is 2.48 bits per heavy atom. The van der Waals surface area contributed by atoms with Crippen LogP contribution in [-0.2, 0) is 4.79 Å². The van der Waals surface area contributed by atoms with E-state index in [1.54, 1.807) is 18.9 Å². The summed E-state index contributed by atoms with van der Waals surface area (Å²) in [7, 11) is 1.71. The first-order chi connectivity index (χ1) is 12.0. The molecular formula is C18H27N3O4. The van der Waals surface area contributed by atoms with Crippen LogP contribution in [0.15, 0.2) is 18.2 Å². The number of carbonyl (C=O) groups is 2. The molecule has 138 valence electrons. The van der Waals surface area contributed by atoms with Crippen LogP contribution in [-0.4, -0.2) is 49.7 Å². The highest BCUT2D eigenvalue weighted by Crippen LogP contribution is 2.33. The van der Waals surface area contributed by atoms with Crippen LogP contribution < -0.4 is 20.1 Å². The summed E-state index contributed by atoms with van der Waals surface area (Å²) in [5.41, 5.74) is 0.937. The smallest absolute Gasteiger partial charge is 0.315 e. The third-order valence-corrected chi connectivity index (χ3v) is 4.25. The first kappa shape index (κ1) is 18.9. The van der Waals surface area contributed by atoms with Crippen molar-refractivity contribution < 1.29 is 19.1 Å². The molecule has 1 heterocycles. The molecule has 2 unspecified atom stereocenters. The van der Waals surface area contributed by atoms with Gasteiger partial charge in [0.25, 0.3) is 0 Å². The minimum absolute atomic E-state index is 0.120. The van der Waals surface area contributed by atoms with E-state index in [0.717, 1.165) is 11.3 Å². The number of nitrogens with one attached hydrogen (secondary N) is 2. The highest BCUT2D eigenvalue weighted by Gasteiger charge is 2.21. The van der Waals surface area contributed by atoms with Crippen LogP contribution in [0.5, 0.6) is 11.5 Å². The van der Waals surface area contributed by atoms with Gasteiger partial charge in [0.2, 0.25) is 5.91 Å². The predicted octanol–water partition coefficient (Wildman–Crippen LogP) is 2.07. The second-order valence-corrected chi connectivity index (χ2v) is 6.06. The molecular weight excluding hydrogens is 322 g/mol. The van der Waals surface area contributed by atoms with Crippen molar-refractivity contribution in [2.75, 3.05) is 26.8 Å². The lowest BCUT2D eigenvalue weighted by Crippen LogP contribution is -2.49. The van der Waals surface area contributed by atoms with E-state index in [0.29, 0.717) is 31.9 Å². The van der Waals surface area contributed by atoms with Crippen LogP contribution in [0.4, 0.5) is 4.79 Å². The average molecular weight is 349 g/mol. The summed E-state index contributed by atoms with van der Waals surface area (Å²) < 4.78 is 11.1. The van der Waals surface area contributed by atoms with Crippen LogP contribution >= 0.6 is 0 Å². The van der Waals surface area contributed by atoms with Crippen molar-refractivity contribution in [1.29, 1.82) is 0 Å². The van der Waals surface area contributed by atoms with Crippen LogP contribution in [0.3, 0.4) is 0 Å². The highest BCUT2D eigenvalue weighted by molar-refractivity contribution is 5.86. The van der Waals surface area contributed by atoms with Gasteiger partial charge >= 0.3 is 6.03 Å². The van der Waals surface area contributed by atoms with Gasteiger partial charge in [-0.25, -0.2) is 4.79 Å². The maximum Gasteiger partial charge on any atom is 0.315 e. The molecule has 7 heteroatoms. The molecule has 1 aromatic rings. The van der Waals surface area contributed by atoms with Gasteiger partial charge in [-0.15, -0.1) is 0 Å². The molecule has 2 rings (SSSR count). The highest BCUT2D eigenvalue weighted by atomic mass is 16.6. The molecule has 0 spiro atoms. The first-order valence-corrected chi connectivity index (χ1v) is 8.67. The quantitative estimate of drug-likeness (QED) is 0.824. The lowest BCUT2D eigenvalue weighted by molar-refractivity contribution is -0.131. The van der Waals surface area contributed by atoms with Crippen LogP contribution in [0.2, 0.25) is 0 Å². The molecule has 2 N–H and O–H groups in total. The van der Waals surface area contributed by atoms with Crippen molar-refractivity contribution in [2.45, 2.75) is 39.3 Å². The third-order valence-electron chi connectivity index (χ3n) is 4.25. The fourth-order valence-corrected chi connectivity index (χ4v) is 2.64. The molecule has 25 heavy (non-hydrogen) atoms. The SMILES string of the molecule is CCC(NC(=O)NC(C)C(=O)N(C)CC)c1ccc2c(c1)OCCO2. The number of carbonyl (C=O) groups excluding carboxylic acids is 2. The topological polar surface area (TPSA) is 79.9 Å². The summed E-state index contributed by atoms with van der Waals surface area (Å²) in [6.07, 6.45) is 0.713. The van der Waals surface area contributed by atoms with E-state index in [4.69, 9.17) is 9.47 Å². The molecule has 0 saturated heterocycles. The van der Waals surface area contributed by atoms with Gasteiger partial charge in [-0.2, -0.15) is 0 Å². The van der Waals surface area contributed by atoms with Gasteiger partial charge in [-0.3, -0.25) is 4.79 Å². The summed E-state index contributed by atoms with van der Waals surface area (Å²) in [6, 6.07) is 4.54. The predicted molar refractivity (Wildman–Crippen MR) is 94.9 cm³/mol. The van der Waals surface area contributed by atoms with E-state index in [-0.39, 0.29) is 18.0 Å². The van der Waals surface area contributed by atoms with Crippen molar-refractivity contribution >= 4 is 11.9 Å². The summed E-state index contributed by atoms with van der Waals surface area (Å²) in [4.78, 5) is 25.9. The lowest BCUT2D eigenvalue weighted by atomic mass is 10.0. The number of rotatable bonds is 6. The zero-order valence-corrected chi connectivity index (χ0v) is 15.3. The van der Waals surface area contributed by atoms with Gasteiger partial charge in [0.15, 0.2) is 11.5 Å². The number of likely N-dealkylation sites (N-methyl/N-ethyl adjacent to an activating group) is 1. The Labute approximate surface area is 148 Å². The van der Waals surface area contributed by atoms with Crippen molar-refractivity contribution in [3.63, 3.8) is 0 Å². The maximum atomic E-state index is 12.3. The summed E-state index contributed by atoms with van der Waals surface area (Å²) in [5.74, 6) is 1.29. The fraction of sp³-hybridized carbons (Fsp3) is 0.556. The molecule has 2 atom stereocenters. The van der Waals surface area contributed by atoms with E-state index in [9.17, 15) is 9.59 Å². The van der Waals surface area contributed by atoms with E-state index in [2.05, 4.69) is 10.6 Å². The van der Waals surface area contributed by atoms with Crippen molar-refractivity contribution in [2.24, 2.45) is 0 Å². The van der Waals surface area contributed by atoms with E-state index in [1.807, 2.05) is 32.0 Å². The summed E-state index contributed by atoms with van der Waals surface area (Å²) in [5, 5.41) is 5.61. The number of ether oxygens (including phenoxy) is 2. The minimum Gasteiger partial charge on any atom is -0.486 e. The molecule has 0 aromatic heterocycles. The second-order valence-electron chi connectivity index (χ2n) is 6.06. The Morgan fingerprint density at radius 1 is 1.16 bits per heavy atom. The monoisotopic (exact) mass is 349 g/mol. The van der Waals surface area contributed by atoms with Gasteiger partial charge in [0, 0.05) is 13.6 Å². The Morgan fingerprint density at radius 2 is 1.84 bits per heavy atom. The molecule has 0 aliphatic carbocycles. The molecule has 1 aliphatic heterocycles. The number of nitrogens with zero attached hydrogens (tertiary/aromatic N) is 1. The number of amides is 3. The van der Waals surface area contributed by atoms with E-state index in [1.165, 1.54) is 0 Å². The van der Waals surface area contributed by atoms with E-state index < -0.39 is 6.04 Å². The standard InChI is InChI=1S/C18H27N3O4/c1-5-14(13-7-8-15-16(11-13)25-10-9-24-15)20-18(23)19-12(3)17(22)21(4)6-2/h7-8,11-12,14H,5-6,9-10H2,1-4H3,(H2,19,20,23). The third kappa shape index (κ3) is 4.78. The normalized spacial score (nSPS) is 15.0. The molecule has 0 saturated carbocycles. The van der Waals surface area contributed by atoms with E-state index >= 15 is 0 Å². The van der Waals surface area contributed by atoms with Gasteiger partial charge in [0.1, 0.15) is 19.3 Å². The molecule has 1 aromatic carbocycles.